The Kier molecular flexibility index (Phi) is 3.95. The summed E-state index contributed by atoms with van der Waals surface area (Å²) in [5.41, 5.74) is 2.64. The number of carbonyl (C=O) groups is 1. The van der Waals surface area contributed by atoms with Crippen LogP contribution in [0.4, 0.5) is 0 Å². The molecule has 2 aliphatic heterocycles. The number of aromatic nitrogens is 3. The van der Waals surface area contributed by atoms with E-state index in [-0.39, 0.29) is 17.4 Å². The fourth-order valence-corrected chi connectivity index (χ4v) is 6.18. The number of fused-ring (bicyclic) bond motifs is 1. The first-order valence-corrected chi connectivity index (χ1v) is 10.4. The summed E-state index contributed by atoms with van der Waals surface area (Å²) >= 11 is 0. The van der Waals surface area contributed by atoms with Crippen LogP contribution >= 0.6 is 0 Å². The van der Waals surface area contributed by atoms with E-state index in [2.05, 4.69) is 34.0 Å². The minimum absolute atomic E-state index is 0.0165. The normalized spacial score (nSPS) is 32.6. The van der Waals surface area contributed by atoms with Crippen LogP contribution in [-0.2, 0) is 7.05 Å². The van der Waals surface area contributed by atoms with E-state index in [4.69, 9.17) is 4.52 Å². The number of likely N-dealkylation sites (tertiary alicyclic amines) is 2. The van der Waals surface area contributed by atoms with E-state index < -0.39 is 0 Å². The first-order chi connectivity index (χ1) is 13.4. The van der Waals surface area contributed by atoms with Gasteiger partial charge < -0.3 is 9.42 Å². The van der Waals surface area contributed by atoms with Gasteiger partial charge in [0.05, 0.1) is 5.69 Å². The summed E-state index contributed by atoms with van der Waals surface area (Å²) in [6.07, 6.45) is 7.88. The average molecular weight is 383 g/mol. The molecule has 0 unspecified atom stereocenters. The van der Waals surface area contributed by atoms with E-state index in [9.17, 15) is 4.79 Å². The van der Waals surface area contributed by atoms with Crippen molar-refractivity contribution in [2.75, 3.05) is 13.6 Å². The van der Waals surface area contributed by atoms with Gasteiger partial charge in [-0.25, -0.2) is 0 Å². The molecule has 2 aromatic heterocycles. The van der Waals surface area contributed by atoms with Gasteiger partial charge >= 0.3 is 0 Å². The predicted octanol–water partition coefficient (Wildman–Crippen LogP) is 2.86. The van der Waals surface area contributed by atoms with Crippen molar-refractivity contribution in [1.82, 2.24) is 24.7 Å². The lowest BCUT2D eigenvalue weighted by Crippen LogP contribution is -2.55. The molecule has 4 atom stereocenters. The van der Waals surface area contributed by atoms with Gasteiger partial charge in [-0.3, -0.25) is 14.4 Å². The van der Waals surface area contributed by atoms with Crippen LogP contribution in [0.1, 0.15) is 55.3 Å². The molecular formula is C21H29N5O2. The van der Waals surface area contributed by atoms with Gasteiger partial charge in [-0.1, -0.05) is 24.9 Å². The molecule has 3 fully saturated rings. The third-order valence-electron chi connectivity index (χ3n) is 7.53. The average Bonchev–Trinajstić information content (AvgIpc) is 3.27. The van der Waals surface area contributed by atoms with E-state index in [1.807, 2.05) is 20.2 Å². The zero-order chi connectivity index (χ0) is 19.6. The van der Waals surface area contributed by atoms with Gasteiger partial charge in [0.15, 0.2) is 0 Å². The fraction of sp³-hybridized carbons (Fsp3) is 0.667. The Morgan fingerprint density at radius 1 is 1.25 bits per heavy atom. The summed E-state index contributed by atoms with van der Waals surface area (Å²) in [6.45, 7) is 5.12. The van der Waals surface area contributed by atoms with Gasteiger partial charge in [0, 0.05) is 55.0 Å². The zero-order valence-electron chi connectivity index (χ0n) is 17.2. The molecule has 2 aromatic rings. The Balaban J connectivity index is 1.47. The standard InChI is InChI=1S/C21H29N5O2/c1-13-15(12-24(3)22-13)16-9-17(28-23-16)20(27)26-11-14-10-21(2)18(25(14)4)7-5-6-8-19(21)26/h9,12,14,18-19H,5-8,10-11H2,1-4H3/t14-,18-,19+,21-/m0/s1. The molecule has 2 saturated heterocycles. The number of piperidine rings is 1. The molecule has 0 N–H and O–H groups in total. The molecule has 0 spiro atoms. The monoisotopic (exact) mass is 383 g/mol. The largest absolute Gasteiger partial charge is 0.350 e. The zero-order valence-corrected chi connectivity index (χ0v) is 17.2. The van der Waals surface area contributed by atoms with E-state index in [1.54, 1.807) is 10.7 Å². The highest BCUT2D eigenvalue weighted by atomic mass is 16.5. The van der Waals surface area contributed by atoms with Crippen LogP contribution < -0.4 is 0 Å². The minimum Gasteiger partial charge on any atom is -0.350 e. The maximum Gasteiger partial charge on any atom is 0.292 e. The van der Waals surface area contributed by atoms with Gasteiger partial charge in [-0.05, 0) is 33.2 Å². The number of nitrogens with zero attached hydrogens (tertiary/aromatic N) is 5. The second kappa shape index (κ2) is 6.17. The molecule has 5 rings (SSSR count). The van der Waals surface area contributed by atoms with Crippen molar-refractivity contribution < 1.29 is 9.32 Å². The van der Waals surface area contributed by atoms with Gasteiger partial charge in [0.2, 0.25) is 5.76 Å². The van der Waals surface area contributed by atoms with Crippen LogP contribution in [0.15, 0.2) is 16.8 Å². The summed E-state index contributed by atoms with van der Waals surface area (Å²) in [7, 11) is 4.13. The molecule has 1 amide bonds. The molecule has 0 radical (unpaired) electrons. The summed E-state index contributed by atoms with van der Waals surface area (Å²) in [6, 6.07) is 3.08. The Morgan fingerprint density at radius 3 is 2.71 bits per heavy atom. The summed E-state index contributed by atoms with van der Waals surface area (Å²) in [5, 5.41) is 8.54. The third-order valence-corrected chi connectivity index (χ3v) is 7.53. The number of amides is 1. The summed E-state index contributed by atoms with van der Waals surface area (Å²) in [4.78, 5) is 18.1. The van der Waals surface area contributed by atoms with Crippen molar-refractivity contribution in [3.63, 3.8) is 0 Å². The highest BCUT2D eigenvalue weighted by Crippen LogP contribution is 2.52. The number of aryl methyl sites for hydroxylation is 2. The molecule has 4 heterocycles. The van der Waals surface area contributed by atoms with E-state index in [0.29, 0.717) is 23.5 Å². The smallest absolute Gasteiger partial charge is 0.292 e. The first kappa shape index (κ1) is 17.9. The summed E-state index contributed by atoms with van der Waals surface area (Å²) < 4.78 is 7.28. The minimum atomic E-state index is -0.0165. The number of hydrogen-bond donors (Lipinski definition) is 0. The van der Waals surface area contributed by atoms with Crippen LogP contribution in [-0.4, -0.2) is 62.4 Å². The van der Waals surface area contributed by atoms with Gasteiger partial charge in [0.1, 0.15) is 5.69 Å². The second-order valence-electron chi connectivity index (χ2n) is 9.18. The fourth-order valence-electron chi connectivity index (χ4n) is 6.18. The van der Waals surface area contributed by atoms with Crippen LogP contribution in [0.5, 0.6) is 0 Å². The molecule has 1 saturated carbocycles. The van der Waals surface area contributed by atoms with Crippen molar-refractivity contribution in [2.24, 2.45) is 12.5 Å². The van der Waals surface area contributed by atoms with Crippen molar-refractivity contribution in [3.05, 3.63) is 23.7 Å². The van der Waals surface area contributed by atoms with Crippen molar-refractivity contribution in [3.8, 4) is 11.3 Å². The number of rotatable bonds is 2. The van der Waals surface area contributed by atoms with Crippen molar-refractivity contribution in [2.45, 2.75) is 64.1 Å². The topological polar surface area (TPSA) is 67.4 Å². The first-order valence-electron chi connectivity index (χ1n) is 10.4. The molecule has 3 aliphatic rings. The maximum absolute atomic E-state index is 13.5. The second-order valence-corrected chi connectivity index (χ2v) is 9.18. The van der Waals surface area contributed by atoms with Gasteiger partial charge in [-0.2, -0.15) is 5.10 Å². The maximum atomic E-state index is 13.5. The highest BCUT2D eigenvalue weighted by molar-refractivity contribution is 5.93. The van der Waals surface area contributed by atoms with E-state index >= 15 is 0 Å². The van der Waals surface area contributed by atoms with E-state index in [1.165, 1.54) is 25.7 Å². The molecule has 2 bridgehead atoms. The molecule has 7 heteroatoms. The molecule has 1 aliphatic carbocycles. The van der Waals surface area contributed by atoms with Crippen LogP contribution in [0.3, 0.4) is 0 Å². The van der Waals surface area contributed by atoms with Crippen LogP contribution in [0.25, 0.3) is 11.3 Å². The van der Waals surface area contributed by atoms with E-state index in [0.717, 1.165) is 24.2 Å². The molecule has 7 nitrogen and oxygen atoms in total. The SMILES string of the molecule is Cc1nn(C)cc1-c1cc(C(=O)N2C[C@@H]3C[C@@]4(C)[C@H](CCCC[C@@H]24)N3C)on1. The Hall–Kier alpha value is -2.15. The van der Waals surface area contributed by atoms with Gasteiger partial charge in [-0.15, -0.1) is 0 Å². The van der Waals surface area contributed by atoms with Crippen LogP contribution in [0, 0.1) is 12.3 Å². The Morgan fingerprint density at radius 2 is 2.00 bits per heavy atom. The molecule has 150 valence electrons. The lowest BCUT2D eigenvalue weighted by Gasteiger charge is -2.46. The summed E-state index contributed by atoms with van der Waals surface area (Å²) in [5.74, 6) is 0.323. The number of carbonyl (C=O) groups excluding carboxylic acids is 1. The van der Waals surface area contributed by atoms with Crippen molar-refractivity contribution in [1.29, 1.82) is 0 Å². The molecule has 28 heavy (non-hydrogen) atoms. The van der Waals surface area contributed by atoms with Crippen molar-refractivity contribution >= 4 is 5.91 Å². The lowest BCUT2D eigenvalue weighted by molar-refractivity contribution is 0.0252. The van der Waals surface area contributed by atoms with Gasteiger partial charge in [0.25, 0.3) is 5.91 Å². The Labute approximate surface area is 165 Å². The number of hydrogen-bond acceptors (Lipinski definition) is 5. The lowest BCUT2D eigenvalue weighted by atomic mass is 9.71. The highest BCUT2D eigenvalue weighted by Gasteiger charge is 2.58. The molecular weight excluding hydrogens is 354 g/mol. The Bertz CT molecular complexity index is 918. The number of likely N-dealkylation sites (N-methyl/N-ethyl adjacent to an activating group) is 1. The van der Waals surface area contributed by atoms with Crippen LogP contribution in [0.2, 0.25) is 0 Å². The quantitative estimate of drug-likeness (QED) is 0.798. The predicted molar refractivity (Wildman–Crippen MR) is 105 cm³/mol. The third kappa shape index (κ3) is 2.48. The molecule has 0 aromatic carbocycles.